The molecule has 0 saturated heterocycles. The van der Waals surface area contributed by atoms with Gasteiger partial charge in [-0.3, -0.25) is 4.79 Å². The van der Waals surface area contributed by atoms with Crippen molar-refractivity contribution >= 4 is 5.78 Å². The molecule has 5 atom stereocenters. The van der Waals surface area contributed by atoms with Gasteiger partial charge in [0.1, 0.15) is 24.2 Å². The third-order valence-electron chi connectivity index (χ3n) is 5.45. The van der Waals surface area contributed by atoms with Gasteiger partial charge >= 0.3 is 0 Å². The van der Waals surface area contributed by atoms with Crippen LogP contribution in [0.1, 0.15) is 26.2 Å². The van der Waals surface area contributed by atoms with E-state index in [0.29, 0.717) is 18.6 Å². The molecule has 124 valence electrons. The van der Waals surface area contributed by atoms with E-state index in [-0.39, 0.29) is 23.9 Å². The molecule has 4 nitrogen and oxygen atoms in total. The van der Waals surface area contributed by atoms with Crippen LogP contribution < -0.4 is 4.74 Å². The fourth-order valence-corrected chi connectivity index (χ4v) is 3.80. The third-order valence-corrected chi connectivity index (χ3v) is 5.45. The molecular formula is C19H24O4. The van der Waals surface area contributed by atoms with E-state index in [1.54, 1.807) is 6.08 Å². The zero-order valence-electron chi connectivity index (χ0n) is 13.4. The summed E-state index contributed by atoms with van der Waals surface area (Å²) in [5.41, 5.74) is -0.278. The summed E-state index contributed by atoms with van der Waals surface area (Å²) < 4.78 is 5.52. The number of benzene rings is 1. The first-order valence-electron chi connectivity index (χ1n) is 8.26. The molecule has 2 aliphatic rings. The molecule has 1 aromatic carbocycles. The predicted molar refractivity (Wildman–Crippen MR) is 87.0 cm³/mol. The number of rotatable bonds is 5. The predicted octanol–water partition coefficient (Wildman–Crippen LogP) is 2.35. The van der Waals surface area contributed by atoms with Gasteiger partial charge in [0.2, 0.25) is 0 Å². The van der Waals surface area contributed by atoms with Crippen LogP contribution in [0.15, 0.2) is 42.5 Å². The van der Waals surface area contributed by atoms with Crippen molar-refractivity contribution in [3.63, 3.8) is 0 Å². The number of aliphatic hydroxyl groups is 2. The van der Waals surface area contributed by atoms with Gasteiger partial charge in [-0.1, -0.05) is 37.3 Å². The van der Waals surface area contributed by atoms with E-state index in [1.165, 1.54) is 0 Å². The molecule has 0 radical (unpaired) electrons. The molecule has 0 bridgehead atoms. The summed E-state index contributed by atoms with van der Waals surface area (Å²) in [7, 11) is 0. The zero-order valence-corrected chi connectivity index (χ0v) is 13.4. The number of ether oxygens (including phenoxy) is 1. The highest BCUT2D eigenvalue weighted by molar-refractivity contribution is 5.91. The van der Waals surface area contributed by atoms with Gasteiger partial charge in [0.15, 0.2) is 0 Å². The maximum atomic E-state index is 11.9. The first-order chi connectivity index (χ1) is 11.0. The van der Waals surface area contributed by atoms with Crippen LogP contribution in [0.2, 0.25) is 0 Å². The van der Waals surface area contributed by atoms with Crippen molar-refractivity contribution in [2.45, 2.75) is 38.4 Å². The molecule has 0 spiro atoms. The summed E-state index contributed by atoms with van der Waals surface area (Å²) in [6.45, 7) is 2.18. The van der Waals surface area contributed by atoms with Crippen molar-refractivity contribution in [1.29, 1.82) is 0 Å². The van der Waals surface area contributed by atoms with Gasteiger partial charge in [-0.2, -0.15) is 0 Å². The monoisotopic (exact) mass is 316 g/mol. The standard InChI is InChI=1S/C19H24O4/c1-19-10-9-17(21)15(16(19)11-18(19)22)8-7-13(20)12-23-14-5-3-2-4-6-14/h2-8,13,15-17,20-21H,9-12H2,1H3/b8-7+/t13-,15-,16-,17-,19+/m0/s1. The number of hydrogen-bond acceptors (Lipinski definition) is 4. The van der Waals surface area contributed by atoms with Gasteiger partial charge in [0, 0.05) is 17.8 Å². The normalized spacial score (nSPS) is 34.7. The van der Waals surface area contributed by atoms with E-state index >= 15 is 0 Å². The number of Topliss-reactive ketones (excluding diaryl/α,β-unsaturated/α-hetero) is 1. The number of fused-ring (bicyclic) bond motifs is 1. The van der Waals surface area contributed by atoms with E-state index in [4.69, 9.17) is 4.74 Å². The van der Waals surface area contributed by atoms with E-state index in [0.717, 1.165) is 12.2 Å². The second kappa shape index (κ2) is 6.46. The molecule has 0 aliphatic heterocycles. The summed E-state index contributed by atoms with van der Waals surface area (Å²) in [6, 6.07) is 9.35. The van der Waals surface area contributed by atoms with E-state index in [2.05, 4.69) is 0 Å². The maximum absolute atomic E-state index is 11.9. The Balaban J connectivity index is 1.57. The van der Waals surface area contributed by atoms with Crippen molar-refractivity contribution in [1.82, 2.24) is 0 Å². The van der Waals surface area contributed by atoms with Gasteiger partial charge in [-0.15, -0.1) is 0 Å². The largest absolute Gasteiger partial charge is 0.491 e. The Hall–Kier alpha value is -1.65. The Bertz CT molecular complexity index is 582. The van der Waals surface area contributed by atoms with Crippen LogP contribution in [0, 0.1) is 17.3 Å². The second-order valence-electron chi connectivity index (χ2n) is 6.91. The van der Waals surface area contributed by atoms with Crippen LogP contribution >= 0.6 is 0 Å². The highest BCUT2D eigenvalue weighted by Crippen LogP contribution is 2.55. The lowest BCUT2D eigenvalue weighted by Gasteiger charge is -2.53. The third kappa shape index (κ3) is 3.19. The Morgan fingerprint density at radius 1 is 1.39 bits per heavy atom. The average molecular weight is 316 g/mol. The number of para-hydroxylation sites is 1. The fourth-order valence-electron chi connectivity index (χ4n) is 3.80. The van der Waals surface area contributed by atoms with Crippen molar-refractivity contribution in [3.8, 4) is 5.75 Å². The number of ketones is 1. The van der Waals surface area contributed by atoms with Crippen LogP contribution in [0.3, 0.4) is 0 Å². The first kappa shape index (κ1) is 16.2. The van der Waals surface area contributed by atoms with E-state index in [1.807, 2.05) is 43.3 Å². The Morgan fingerprint density at radius 3 is 2.83 bits per heavy atom. The smallest absolute Gasteiger partial charge is 0.139 e. The minimum Gasteiger partial charge on any atom is -0.491 e. The lowest BCUT2D eigenvalue weighted by molar-refractivity contribution is -0.157. The van der Waals surface area contributed by atoms with Crippen LogP contribution in [0.5, 0.6) is 5.75 Å². The molecule has 23 heavy (non-hydrogen) atoms. The summed E-state index contributed by atoms with van der Waals surface area (Å²) in [6.07, 6.45) is 4.35. The van der Waals surface area contributed by atoms with E-state index in [9.17, 15) is 15.0 Å². The number of carbonyl (C=O) groups excluding carboxylic acids is 1. The molecule has 0 amide bonds. The minimum absolute atomic E-state index is 0.0576. The van der Waals surface area contributed by atoms with Gasteiger partial charge < -0.3 is 14.9 Å². The average Bonchev–Trinajstić information content (AvgIpc) is 2.57. The molecule has 2 fully saturated rings. The summed E-state index contributed by atoms with van der Waals surface area (Å²) >= 11 is 0. The summed E-state index contributed by atoms with van der Waals surface area (Å²) in [5, 5.41) is 20.3. The number of carbonyl (C=O) groups is 1. The van der Waals surface area contributed by atoms with Crippen LogP contribution in [-0.4, -0.2) is 34.8 Å². The molecule has 2 saturated carbocycles. The summed E-state index contributed by atoms with van der Waals surface area (Å²) in [4.78, 5) is 11.9. The highest BCUT2D eigenvalue weighted by atomic mass is 16.5. The van der Waals surface area contributed by atoms with Crippen LogP contribution in [0.4, 0.5) is 0 Å². The van der Waals surface area contributed by atoms with Crippen molar-refractivity contribution < 1.29 is 19.7 Å². The molecule has 0 aromatic heterocycles. The molecule has 0 unspecified atom stereocenters. The zero-order chi connectivity index (χ0) is 16.4. The molecule has 1 aromatic rings. The molecule has 2 N–H and O–H groups in total. The quantitative estimate of drug-likeness (QED) is 0.818. The minimum atomic E-state index is -0.730. The van der Waals surface area contributed by atoms with Crippen molar-refractivity contribution in [2.75, 3.05) is 6.61 Å². The molecule has 2 aliphatic carbocycles. The van der Waals surface area contributed by atoms with Gasteiger partial charge in [0.25, 0.3) is 0 Å². The van der Waals surface area contributed by atoms with Crippen LogP contribution in [0.25, 0.3) is 0 Å². The Morgan fingerprint density at radius 2 is 2.13 bits per heavy atom. The lowest BCUT2D eigenvalue weighted by Crippen LogP contribution is -2.56. The van der Waals surface area contributed by atoms with Gasteiger partial charge in [-0.25, -0.2) is 0 Å². The van der Waals surface area contributed by atoms with Crippen molar-refractivity contribution in [2.24, 2.45) is 17.3 Å². The number of hydrogen-bond donors (Lipinski definition) is 2. The molecule has 0 heterocycles. The van der Waals surface area contributed by atoms with E-state index < -0.39 is 12.2 Å². The van der Waals surface area contributed by atoms with Gasteiger partial charge in [0.05, 0.1) is 6.10 Å². The Kier molecular flexibility index (Phi) is 4.55. The fraction of sp³-hybridized carbons (Fsp3) is 0.526. The second-order valence-corrected chi connectivity index (χ2v) is 6.91. The highest BCUT2D eigenvalue weighted by Gasteiger charge is 2.57. The molecule has 3 rings (SSSR count). The van der Waals surface area contributed by atoms with Crippen LogP contribution in [-0.2, 0) is 4.79 Å². The first-order valence-corrected chi connectivity index (χ1v) is 8.26. The Labute approximate surface area is 136 Å². The molecule has 4 heteroatoms. The number of aliphatic hydroxyl groups excluding tert-OH is 2. The SMILES string of the molecule is C[C@@]12CC[C@H](O)[C@@H](/C=C/[C@H](O)COc3ccccc3)[C@@H]1CC2=O. The topological polar surface area (TPSA) is 66.8 Å². The maximum Gasteiger partial charge on any atom is 0.139 e. The lowest BCUT2D eigenvalue weighted by atomic mass is 9.50. The van der Waals surface area contributed by atoms with Crippen molar-refractivity contribution in [3.05, 3.63) is 42.5 Å². The van der Waals surface area contributed by atoms with Gasteiger partial charge in [-0.05, 0) is 30.9 Å². The molecular weight excluding hydrogens is 292 g/mol. The summed E-state index contributed by atoms with van der Waals surface area (Å²) in [5.74, 6) is 1.16.